The zero-order valence-corrected chi connectivity index (χ0v) is 17.5. The van der Waals surface area contributed by atoms with Gasteiger partial charge in [-0.05, 0) is 55.7 Å². The predicted octanol–water partition coefficient (Wildman–Crippen LogP) is 4.00. The van der Waals surface area contributed by atoms with E-state index in [9.17, 15) is 14.9 Å². The molecule has 0 amide bonds. The van der Waals surface area contributed by atoms with Gasteiger partial charge in [-0.2, -0.15) is 0 Å². The van der Waals surface area contributed by atoms with Crippen LogP contribution in [0.3, 0.4) is 0 Å². The van der Waals surface area contributed by atoms with Crippen LogP contribution < -0.4 is 9.64 Å². The zero-order chi connectivity index (χ0) is 22.5. The first kappa shape index (κ1) is 21.3. The smallest absolute Gasteiger partial charge is 0.338 e. The van der Waals surface area contributed by atoms with Crippen LogP contribution in [0.2, 0.25) is 0 Å². The molecule has 1 aliphatic heterocycles. The highest BCUT2D eigenvalue weighted by molar-refractivity contribution is 5.91. The van der Waals surface area contributed by atoms with Gasteiger partial charge < -0.3 is 18.8 Å². The number of ether oxygens (including phenoxy) is 2. The topological polar surface area (TPSA) is 121 Å². The number of nitro benzene ring substituents is 1. The summed E-state index contributed by atoms with van der Waals surface area (Å²) in [5.41, 5.74) is 1.19. The van der Waals surface area contributed by atoms with E-state index in [1.54, 1.807) is 37.4 Å². The van der Waals surface area contributed by atoms with E-state index in [4.69, 9.17) is 13.9 Å². The summed E-state index contributed by atoms with van der Waals surface area (Å²) >= 11 is 0. The van der Waals surface area contributed by atoms with E-state index >= 15 is 0 Å². The van der Waals surface area contributed by atoms with Gasteiger partial charge in [0.1, 0.15) is 11.4 Å². The Hall–Kier alpha value is -3.95. The van der Waals surface area contributed by atoms with Gasteiger partial charge in [0.05, 0.1) is 17.6 Å². The minimum atomic E-state index is -0.706. The van der Waals surface area contributed by atoms with Crippen molar-refractivity contribution in [2.75, 3.05) is 25.1 Å². The number of nitrogens with zero attached hydrogens (tertiary/aromatic N) is 4. The summed E-state index contributed by atoms with van der Waals surface area (Å²) in [5.74, 6) is 0.383. The molecule has 0 spiro atoms. The summed E-state index contributed by atoms with van der Waals surface area (Å²) < 4.78 is 15.9. The van der Waals surface area contributed by atoms with Crippen LogP contribution in [0.1, 0.15) is 35.5 Å². The van der Waals surface area contributed by atoms with Crippen molar-refractivity contribution in [3.8, 4) is 17.2 Å². The molecule has 1 saturated heterocycles. The highest BCUT2D eigenvalue weighted by Crippen LogP contribution is 2.31. The first-order valence-electron chi connectivity index (χ1n) is 10.2. The lowest BCUT2D eigenvalue weighted by molar-refractivity contribution is -0.384. The van der Waals surface area contributed by atoms with Gasteiger partial charge >= 0.3 is 5.97 Å². The second-order valence-electron chi connectivity index (χ2n) is 7.31. The summed E-state index contributed by atoms with van der Waals surface area (Å²) in [6, 6.07) is 11.5. The highest BCUT2D eigenvalue weighted by Gasteiger charge is 2.24. The van der Waals surface area contributed by atoms with Gasteiger partial charge in [0.2, 0.25) is 5.89 Å². The Kier molecular flexibility index (Phi) is 6.29. The maximum Gasteiger partial charge on any atom is 0.338 e. The fourth-order valence-corrected chi connectivity index (χ4v) is 3.57. The molecule has 1 aromatic heterocycles. The number of hydrogen-bond donors (Lipinski definition) is 0. The van der Waals surface area contributed by atoms with E-state index in [1.165, 1.54) is 12.1 Å². The number of carbonyl (C=O) groups is 1. The molecular weight excluding hydrogens is 416 g/mol. The first-order valence-corrected chi connectivity index (χ1v) is 10.2. The summed E-state index contributed by atoms with van der Waals surface area (Å²) in [5, 5.41) is 19.4. The minimum Gasteiger partial charge on any atom is -0.497 e. The van der Waals surface area contributed by atoms with E-state index < -0.39 is 10.9 Å². The Bertz CT molecular complexity index is 1110. The van der Waals surface area contributed by atoms with Crippen LogP contribution in [-0.4, -0.2) is 41.3 Å². The third kappa shape index (κ3) is 4.69. The zero-order valence-electron chi connectivity index (χ0n) is 17.5. The highest BCUT2D eigenvalue weighted by atomic mass is 16.6. The third-order valence-electron chi connectivity index (χ3n) is 5.24. The Balaban J connectivity index is 1.43. The lowest BCUT2D eigenvalue weighted by Gasteiger charge is -2.28. The van der Waals surface area contributed by atoms with Gasteiger partial charge in [-0.25, -0.2) is 4.79 Å². The third-order valence-corrected chi connectivity index (χ3v) is 5.24. The number of carbonyl (C=O) groups excluding carboxylic acids is 1. The Morgan fingerprint density at radius 2 is 1.88 bits per heavy atom. The molecule has 10 heteroatoms. The molecular formula is C22H22N4O6. The van der Waals surface area contributed by atoms with Crippen LogP contribution in [0.15, 0.2) is 46.9 Å². The van der Waals surface area contributed by atoms with Crippen molar-refractivity contribution in [2.24, 2.45) is 0 Å². The molecule has 32 heavy (non-hydrogen) atoms. The van der Waals surface area contributed by atoms with Crippen molar-refractivity contribution in [1.82, 2.24) is 10.2 Å². The summed E-state index contributed by atoms with van der Waals surface area (Å²) in [4.78, 5) is 25.6. The molecule has 0 aliphatic carbocycles. The molecule has 2 heterocycles. The number of rotatable bonds is 7. The number of esters is 1. The average Bonchev–Trinajstić information content (AvgIpc) is 3.32. The monoisotopic (exact) mass is 438 g/mol. The Labute approximate surface area is 183 Å². The number of nitro groups is 1. The van der Waals surface area contributed by atoms with Gasteiger partial charge in [-0.3, -0.25) is 10.1 Å². The maximum absolute atomic E-state index is 12.5. The lowest BCUT2D eigenvalue weighted by Crippen LogP contribution is -2.30. The molecule has 2 aromatic carbocycles. The first-order chi connectivity index (χ1) is 15.5. The molecule has 1 aliphatic rings. The van der Waals surface area contributed by atoms with Crippen molar-refractivity contribution in [1.29, 1.82) is 0 Å². The van der Waals surface area contributed by atoms with E-state index in [2.05, 4.69) is 10.2 Å². The Morgan fingerprint density at radius 1 is 1.12 bits per heavy atom. The van der Waals surface area contributed by atoms with Gasteiger partial charge in [-0.15, -0.1) is 10.2 Å². The van der Waals surface area contributed by atoms with Crippen LogP contribution in [-0.2, 0) is 11.3 Å². The Morgan fingerprint density at radius 3 is 2.56 bits per heavy atom. The average molecular weight is 438 g/mol. The fraction of sp³-hybridized carbons (Fsp3) is 0.318. The second kappa shape index (κ2) is 9.46. The molecule has 4 rings (SSSR count). The van der Waals surface area contributed by atoms with Crippen molar-refractivity contribution in [3.63, 3.8) is 0 Å². The number of anilines is 1. The summed E-state index contributed by atoms with van der Waals surface area (Å²) in [6.45, 7) is 1.28. The van der Waals surface area contributed by atoms with Crippen LogP contribution >= 0.6 is 0 Å². The van der Waals surface area contributed by atoms with E-state index in [1.807, 2.05) is 4.90 Å². The standard InChI is InChI=1S/C22H22N4O6/c1-30-17-8-5-15(6-9-17)21-24-23-20(32-21)14-31-22(27)16-7-10-18(19(13-16)26(28)29)25-11-3-2-4-12-25/h5-10,13H,2-4,11-12,14H2,1H3. The second-order valence-corrected chi connectivity index (χ2v) is 7.31. The number of methoxy groups -OCH3 is 1. The van der Waals surface area contributed by atoms with Crippen LogP contribution in [0.25, 0.3) is 11.5 Å². The number of hydrogen-bond acceptors (Lipinski definition) is 9. The summed E-state index contributed by atoms with van der Waals surface area (Å²) in [7, 11) is 1.57. The van der Waals surface area contributed by atoms with Gasteiger partial charge in [0, 0.05) is 24.7 Å². The molecule has 0 bridgehead atoms. The quantitative estimate of drug-likeness (QED) is 0.306. The largest absolute Gasteiger partial charge is 0.497 e. The number of benzene rings is 2. The molecule has 0 atom stereocenters. The van der Waals surface area contributed by atoms with Gasteiger partial charge in [-0.1, -0.05) is 0 Å². The van der Waals surface area contributed by atoms with Crippen molar-refractivity contribution in [3.05, 3.63) is 64.0 Å². The van der Waals surface area contributed by atoms with Crippen molar-refractivity contribution < 1.29 is 23.6 Å². The molecule has 0 radical (unpaired) electrons. The van der Waals surface area contributed by atoms with E-state index in [-0.39, 0.29) is 29.6 Å². The molecule has 166 valence electrons. The molecule has 0 unspecified atom stereocenters. The molecule has 0 saturated carbocycles. The lowest BCUT2D eigenvalue weighted by atomic mass is 10.1. The summed E-state index contributed by atoms with van der Waals surface area (Å²) in [6.07, 6.45) is 3.10. The minimum absolute atomic E-state index is 0.0901. The van der Waals surface area contributed by atoms with Crippen molar-refractivity contribution >= 4 is 17.3 Å². The van der Waals surface area contributed by atoms with Gasteiger partial charge in [0.15, 0.2) is 6.61 Å². The number of piperidine rings is 1. The van der Waals surface area contributed by atoms with Crippen molar-refractivity contribution in [2.45, 2.75) is 25.9 Å². The van der Waals surface area contributed by atoms with E-state index in [0.717, 1.165) is 32.4 Å². The molecule has 3 aromatic rings. The molecule has 0 N–H and O–H groups in total. The molecule has 10 nitrogen and oxygen atoms in total. The number of aromatic nitrogens is 2. The molecule has 1 fully saturated rings. The predicted molar refractivity (Wildman–Crippen MR) is 115 cm³/mol. The van der Waals surface area contributed by atoms with Crippen LogP contribution in [0.4, 0.5) is 11.4 Å². The van der Waals surface area contributed by atoms with E-state index in [0.29, 0.717) is 17.0 Å². The van der Waals surface area contributed by atoms with Gasteiger partial charge in [0.25, 0.3) is 11.6 Å². The maximum atomic E-state index is 12.5. The normalized spacial score (nSPS) is 13.6. The fourth-order valence-electron chi connectivity index (χ4n) is 3.57. The SMILES string of the molecule is COc1ccc(-c2nnc(COC(=O)c3ccc(N4CCCCC4)c([N+](=O)[O-])c3)o2)cc1. The van der Waals surface area contributed by atoms with Crippen LogP contribution in [0.5, 0.6) is 5.75 Å². The van der Waals surface area contributed by atoms with Crippen LogP contribution in [0, 0.1) is 10.1 Å².